The minimum Gasteiger partial charge on any atom is -0.381 e. The van der Waals surface area contributed by atoms with Gasteiger partial charge in [-0.3, -0.25) is 4.79 Å². The van der Waals surface area contributed by atoms with Gasteiger partial charge in [-0.05, 0) is 75.8 Å². The number of carbonyl (C=O) groups excluding carboxylic acids is 1. The third-order valence-electron chi connectivity index (χ3n) is 7.10. The van der Waals surface area contributed by atoms with Crippen LogP contribution in [-0.2, 0) is 28.3 Å². The second kappa shape index (κ2) is 10.2. The molecule has 0 bridgehead atoms. The van der Waals surface area contributed by atoms with Crippen LogP contribution in [0.25, 0.3) is 0 Å². The highest BCUT2D eigenvalue weighted by atomic mass is 19.4. The van der Waals surface area contributed by atoms with Crippen LogP contribution in [-0.4, -0.2) is 43.0 Å². The van der Waals surface area contributed by atoms with Gasteiger partial charge in [0, 0.05) is 31.7 Å². The Labute approximate surface area is 194 Å². The molecule has 1 aliphatic carbocycles. The van der Waals surface area contributed by atoms with E-state index < -0.39 is 28.9 Å². The molecule has 0 radical (unpaired) electrons. The fourth-order valence-corrected chi connectivity index (χ4v) is 5.03. The molecule has 3 rings (SSSR count). The first-order chi connectivity index (χ1) is 15.9. The van der Waals surface area contributed by atoms with E-state index in [1.54, 1.807) is 0 Å². The van der Waals surface area contributed by atoms with E-state index in [4.69, 9.17) is 4.74 Å². The molecule has 2 fully saturated rings. The number of ketones is 1. The largest absolute Gasteiger partial charge is 0.416 e. The van der Waals surface area contributed by atoms with Gasteiger partial charge in [0.15, 0.2) is 5.78 Å². The molecular weight excluding hydrogens is 462 g/mol. The zero-order valence-electron chi connectivity index (χ0n) is 18.9. The number of benzene rings is 1. The lowest BCUT2D eigenvalue weighted by atomic mass is 9.80. The summed E-state index contributed by atoms with van der Waals surface area (Å²) in [5, 5.41) is 9.81. The molecule has 4 nitrogen and oxygen atoms in total. The van der Waals surface area contributed by atoms with Crippen molar-refractivity contribution in [3.05, 3.63) is 34.9 Å². The molecule has 0 spiro atoms. The zero-order chi connectivity index (χ0) is 25.1. The molecule has 0 N–H and O–H groups in total. The summed E-state index contributed by atoms with van der Waals surface area (Å²) in [6.45, 7) is 1.35. The van der Waals surface area contributed by atoms with Crippen molar-refractivity contribution in [3.63, 3.8) is 0 Å². The number of aryl methyl sites for hydroxylation is 1. The van der Waals surface area contributed by atoms with Gasteiger partial charge in [-0.1, -0.05) is 0 Å². The van der Waals surface area contributed by atoms with E-state index in [-0.39, 0.29) is 42.7 Å². The van der Waals surface area contributed by atoms with Gasteiger partial charge in [0.25, 0.3) is 0 Å². The summed E-state index contributed by atoms with van der Waals surface area (Å²) in [4.78, 5) is 15.2. The average Bonchev–Trinajstić information content (AvgIpc) is 3.24. The van der Waals surface area contributed by atoms with Crippen molar-refractivity contribution in [2.24, 2.45) is 5.41 Å². The number of rotatable bonds is 7. The molecule has 1 aliphatic heterocycles. The number of Topliss-reactive ketones (excluding diaryl/α,β-unsaturated/α-hetero) is 1. The van der Waals surface area contributed by atoms with Gasteiger partial charge in [0.05, 0.1) is 17.2 Å². The van der Waals surface area contributed by atoms with E-state index in [0.29, 0.717) is 50.7 Å². The van der Waals surface area contributed by atoms with Crippen LogP contribution in [0.5, 0.6) is 0 Å². The summed E-state index contributed by atoms with van der Waals surface area (Å²) in [5.74, 6) is -0.291. The number of alkyl halides is 6. The molecule has 1 unspecified atom stereocenters. The van der Waals surface area contributed by atoms with Crippen LogP contribution < -0.4 is 0 Å². The van der Waals surface area contributed by atoms with Crippen LogP contribution in [0, 0.1) is 16.7 Å². The van der Waals surface area contributed by atoms with Crippen molar-refractivity contribution in [1.29, 1.82) is 5.26 Å². The monoisotopic (exact) mass is 490 g/mol. The van der Waals surface area contributed by atoms with E-state index in [1.165, 1.54) is 0 Å². The van der Waals surface area contributed by atoms with Gasteiger partial charge in [-0.25, -0.2) is 0 Å². The van der Waals surface area contributed by atoms with Gasteiger partial charge in [0.1, 0.15) is 5.41 Å². The lowest BCUT2D eigenvalue weighted by Crippen LogP contribution is -2.43. The van der Waals surface area contributed by atoms with Crippen LogP contribution >= 0.6 is 0 Å². The summed E-state index contributed by atoms with van der Waals surface area (Å²) in [6.07, 6.45) is -6.69. The Morgan fingerprint density at radius 1 is 1.06 bits per heavy atom. The SMILES string of the molecule is CN(C1CCOCC1)C1CC[C@](C#N)(C(=O)CCCc2cc(C(F)(F)F)cc(C(F)(F)F)c2)C1. The molecule has 1 saturated heterocycles. The lowest BCUT2D eigenvalue weighted by Gasteiger charge is -2.35. The maximum Gasteiger partial charge on any atom is 0.416 e. The van der Waals surface area contributed by atoms with Gasteiger partial charge in [-0.15, -0.1) is 0 Å². The topological polar surface area (TPSA) is 53.3 Å². The number of hydrogen-bond acceptors (Lipinski definition) is 4. The molecule has 1 saturated carbocycles. The van der Waals surface area contributed by atoms with Gasteiger partial charge < -0.3 is 9.64 Å². The number of ether oxygens (including phenoxy) is 1. The molecule has 2 atom stereocenters. The highest BCUT2D eigenvalue weighted by Crippen LogP contribution is 2.43. The average molecular weight is 490 g/mol. The molecule has 0 aromatic heterocycles. The molecule has 1 heterocycles. The summed E-state index contributed by atoms with van der Waals surface area (Å²) >= 11 is 0. The third-order valence-corrected chi connectivity index (χ3v) is 7.10. The molecule has 2 aliphatic rings. The zero-order valence-corrected chi connectivity index (χ0v) is 18.9. The molecule has 1 aromatic rings. The van der Waals surface area contributed by atoms with Gasteiger partial charge in [-0.2, -0.15) is 31.6 Å². The lowest BCUT2D eigenvalue weighted by molar-refractivity contribution is -0.143. The summed E-state index contributed by atoms with van der Waals surface area (Å²) in [7, 11) is 1.99. The highest BCUT2D eigenvalue weighted by Gasteiger charge is 2.47. The Bertz CT molecular complexity index is 885. The number of nitrogens with zero attached hydrogens (tertiary/aromatic N) is 2. The first-order valence-electron chi connectivity index (χ1n) is 11.4. The minimum absolute atomic E-state index is 0.0706. The standard InChI is InChI=1S/C24H28F6N2O2/c1-32(19-6-9-34-10-7-19)20-5-8-22(14-20,15-31)21(33)4-2-3-16-11-17(23(25,26)27)13-18(12-16)24(28,29)30/h11-13,19-20H,2-10,14H2,1H3/t20?,22-/m0/s1. The number of hydrogen-bond donors (Lipinski definition) is 0. The van der Waals surface area contributed by atoms with E-state index in [9.17, 15) is 36.4 Å². The van der Waals surface area contributed by atoms with Crippen LogP contribution in [0.15, 0.2) is 18.2 Å². The van der Waals surface area contributed by atoms with Crippen LogP contribution in [0.2, 0.25) is 0 Å². The molecule has 0 amide bonds. The van der Waals surface area contributed by atoms with E-state index in [2.05, 4.69) is 11.0 Å². The predicted octanol–water partition coefficient (Wildman–Crippen LogP) is 5.79. The Morgan fingerprint density at radius 2 is 1.65 bits per heavy atom. The number of nitriles is 1. The normalized spacial score (nSPS) is 24.4. The minimum atomic E-state index is -4.91. The van der Waals surface area contributed by atoms with E-state index in [0.717, 1.165) is 12.8 Å². The van der Waals surface area contributed by atoms with E-state index in [1.807, 2.05) is 7.05 Å². The second-order valence-electron chi connectivity index (χ2n) is 9.29. The highest BCUT2D eigenvalue weighted by molar-refractivity contribution is 5.87. The maximum atomic E-state index is 13.1. The summed E-state index contributed by atoms with van der Waals surface area (Å²) in [6, 6.07) is 4.04. The quantitative estimate of drug-likeness (QED) is 0.454. The Kier molecular flexibility index (Phi) is 7.98. The number of halogens is 6. The molecule has 34 heavy (non-hydrogen) atoms. The third kappa shape index (κ3) is 6.11. The molecule has 10 heteroatoms. The Morgan fingerprint density at radius 3 is 2.18 bits per heavy atom. The van der Waals surface area contributed by atoms with Crippen molar-refractivity contribution in [2.75, 3.05) is 20.3 Å². The van der Waals surface area contributed by atoms with Crippen LogP contribution in [0.1, 0.15) is 61.6 Å². The second-order valence-corrected chi connectivity index (χ2v) is 9.29. The van der Waals surface area contributed by atoms with Crippen molar-refractivity contribution >= 4 is 5.78 Å². The van der Waals surface area contributed by atoms with Crippen molar-refractivity contribution < 1.29 is 35.9 Å². The Balaban J connectivity index is 1.63. The molecular formula is C24H28F6N2O2. The smallest absolute Gasteiger partial charge is 0.381 e. The van der Waals surface area contributed by atoms with Crippen LogP contribution in [0.4, 0.5) is 26.3 Å². The van der Waals surface area contributed by atoms with Gasteiger partial charge in [0.2, 0.25) is 0 Å². The van der Waals surface area contributed by atoms with Crippen LogP contribution in [0.3, 0.4) is 0 Å². The maximum absolute atomic E-state index is 13.1. The van der Waals surface area contributed by atoms with E-state index >= 15 is 0 Å². The molecule has 1 aromatic carbocycles. The van der Waals surface area contributed by atoms with Gasteiger partial charge >= 0.3 is 12.4 Å². The summed E-state index contributed by atoms with van der Waals surface area (Å²) < 4.78 is 83.7. The fraction of sp³-hybridized carbons (Fsp3) is 0.667. The number of carbonyl (C=O) groups is 1. The summed E-state index contributed by atoms with van der Waals surface area (Å²) in [5.41, 5.74) is -4.03. The van der Waals surface area contributed by atoms with Crippen molar-refractivity contribution in [1.82, 2.24) is 4.90 Å². The first kappa shape index (κ1) is 26.5. The van der Waals surface area contributed by atoms with Crippen molar-refractivity contribution in [3.8, 4) is 6.07 Å². The fourth-order valence-electron chi connectivity index (χ4n) is 5.03. The predicted molar refractivity (Wildman–Crippen MR) is 112 cm³/mol. The first-order valence-corrected chi connectivity index (χ1v) is 11.4. The Hall–Kier alpha value is -2.12. The molecule has 188 valence electrons. The van der Waals surface area contributed by atoms with Crippen molar-refractivity contribution in [2.45, 2.75) is 75.8 Å².